The Kier molecular flexibility index (Phi) is 5.36. The molecule has 0 spiro atoms. The van der Waals surface area contributed by atoms with Gasteiger partial charge >= 0.3 is 6.03 Å². The van der Waals surface area contributed by atoms with Crippen LogP contribution in [0.3, 0.4) is 0 Å². The van der Waals surface area contributed by atoms with Gasteiger partial charge in [0.1, 0.15) is 11.6 Å². The van der Waals surface area contributed by atoms with E-state index in [-0.39, 0.29) is 11.8 Å². The number of aryl methyl sites for hydroxylation is 1. The van der Waals surface area contributed by atoms with Crippen molar-refractivity contribution in [3.63, 3.8) is 0 Å². The quantitative estimate of drug-likeness (QED) is 0.881. The number of nitrogens with one attached hydrogen (secondary N) is 2. The molecule has 0 bridgehead atoms. The molecule has 0 heterocycles. The summed E-state index contributed by atoms with van der Waals surface area (Å²) in [7, 11) is 0. The second-order valence-electron chi connectivity index (χ2n) is 4.84. The standard InChI is InChI=1S/C17H19FN2O2/c1-3-22-15-8-9-16(12(2)10-15)20-17(21)19-11-13-4-6-14(18)7-5-13/h4-10H,3,11H2,1-2H3,(H2,19,20,21). The zero-order valence-corrected chi connectivity index (χ0v) is 12.7. The predicted molar refractivity (Wildman–Crippen MR) is 84.6 cm³/mol. The van der Waals surface area contributed by atoms with Gasteiger partial charge in [0.15, 0.2) is 0 Å². The topological polar surface area (TPSA) is 50.4 Å². The van der Waals surface area contributed by atoms with Gasteiger partial charge in [-0.1, -0.05) is 12.1 Å². The molecule has 116 valence electrons. The maximum atomic E-state index is 12.8. The molecular formula is C17H19FN2O2. The van der Waals surface area contributed by atoms with Gasteiger partial charge in [0.05, 0.1) is 6.61 Å². The van der Waals surface area contributed by atoms with Gasteiger partial charge in [0.25, 0.3) is 0 Å². The van der Waals surface area contributed by atoms with Gasteiger partial charge in [-0.15, -0.1) is 0 Å². The number of halogens is 1. The van der Waals surface area contributed by atoms with E-state index in [0.29, 0.717) is 13.2 Å². The van der Waals surface area contributed by atoms with E-state index >= 15 is 0 Å². The summed E-state index contributed by atoms with van der Waals surface area (Å²) in [4.78, 5) is 11.9. The average Bonchev–Trinajstić information content (AvgIpc) is 2.50. The van der Waals surface area contributed by atoms with Crippen LogP contribution in [0.25, 0.3) is 0 Å². The molecule has 2 aromatic carbocycles. The summed E-state index contributed by atoms with van der Waals surface area (Å²) in [5.41, 5.74) is 2.47. The van der Waals surface area contributed by atoms with Crippen LogP contribution in [0.1, 0.15) is 18.1 Å². The lowest BCUT2D eigenvalue weighted by atomic mass is 10.2. The molecule has 0 fully saturated rings. The highest BCUT2D eigenvalue weighted by atomic mass is 19.1. The molecule has 4 nitrogen and oxygen atoms in total. The third-order valence-electron chi connectivity index (χ3n) is 3.12. The third kappa shape index (κ3) is 4.48. The van der Waals surface area contributed by atoms with Crippen LogP contribution in [0.15, 0.2) is 42.5 Å². The van der Waals surface area contributed by atoms with Crippen LogP contribution in [0.4, 0.5) is 14.9 Å². The fourth-order valence-electron chi connectivity index (χ4n) is 1.98. The third-order valence-corrected chi connectivity index (χ3v) is 3.12. The first-order valence-electron chi connectivity index (χ1n) is 7.11. The van der Waals surface area contributed by atoms with Gasteiger partial charge in [-0.3, -0.25) is 0 Å². The van der Waals surface area contributed by atoms with Crippen LogP contribution in [0.2, 0.25) is 0 Å². The molecule has 0 aliphatic carbocycles. The Morgan fingerprint density at radius 3 is 2.55 bits per heavy atom. The second-order valence-corrected chi connectivity index (χ2v) is 4.84. The molecule has 0 aliphatic heterocycles. The molecule has 0 unspecified atom stereocenters. The highest BCUT2D eigenvalue weighted by molar-refractivity contribution is 5.90. The van der Waals surface area contributed by atoms with Crippen molar-refractivity contribution >= 4 is 11.7 Å². The molecule has 5 heteroatoms. The molecule has 0 radical (unpaired) electrons. The molecule has 2 amide bonds. The largest absolute Gasteiger partial charge is 0.494 e. The monoisotopic (exact) mass is 302 g/mol. The fraction of sp³-hybridized carbons (Fsp3) is 0.235. The van der Waals surface area contributed by atoms with E-state index in [4.69, 9.17) is 4.74 Å². The molecular weight excluding hydrogens is 283 g/mol. The first kappa shape index (κ1) is 15.8. The van der Waals surface area contributed by atoms with Gasteiger partial charge in [0, 0.05) is 12.2 Å². The number of anilines is 1. The van der Waals surface area contributed by atoms with Crippen molar-refractivity contribution in [3.8, 4) is 5.75 Å². The smallest absolute Gasteiger partial charge is 0.319 e. The van der Waals surface area contributed by atoms with Crippen LogP contribution in [0.5, 0.6) is 5.75 Å². The number of rotatable bonds is 5. The van der Waals surface area contributed by atoms with Crippen molar-refractivity contribution in [2.24, 2.45) is 0 Å². The number of benzene rings is 2. The van der Waals surface area contributed by atoms with Gasteiger partial charge in [-0.05, 0) is 55.3 Å². The molecule has 22 heavy (non-hydrogen) atoms. The highest BCUT2D eigenvalue weighted by Gasteiger charge is 2.05. The Labute approximate surface area is 129 Å². The number of carbonyl (C=O) groups is 1. The van der Waals surface area contributed by atoms with E-state index in [1.165, 1.54) is 12.1 Å². The number of ether oxygens (including phenoxy) is 1. The normalized spacial score (nSPS) is 10.1. The van der Waals surface area contributed by atoms with E-state index in [1.54, 1.807) is 18.2 Å². The molecule has 2 N–H and O–H groups in total. The van der Waals surface area contributed by atoms with Crippen LogP contribution < -0.4 is 15.4 Å². The van der Waals surface area contributed by atoms with Crippen LogP contribution in [-0.4, -0.2) is 12.6 Å². The summed E-state index contributed by atoms with van der Waals surface area (Å²) >= 11 is 0. The van der Waals surface area contributed by atoms with E-state index < -0.39 is 0 Å². The molecule has 0 saturated carbocycles. The highest BCUT2D eigenvalue weighted by Crippen LogP contribution is 2.21. The summed E-state index contributed by atoms with van der Waals surface area (Å²) in [5, 5.41) is 5.51. The lowest BCUT2D eigenvalue weighted by molar-refractivity contribution is 0.251. The Bertz CT molecular complexity index is 642. The van der Waals surface area contributed by atoms with Crippen LogP contribution >= 0.6 is 0 Å². The summed E-state index contributed by atoms with van der Waals surface area (Å²) in [5.74, 6) is 0.482. The predicted octanol–water partition coefficient (Wildman–Crippen LogP) is 3.85. The first-order chi connectivity index (χ1) is 10.6. The molecule has 0 aliphatic rings. The van der Waals surface area contributed by atoms with Gasteiger partial charge in [-0.25, -0.2) is 9.18 Å². The van der Waals surface area contributed by atoms with Crippen molar-refractivity contribution in [1.82, 2.24) is 5.32 Å². The van der Waals surface area contributed by atoms with Gasteiger partial charge in [-0.2, -0.15) is 0 Å². The first-order valence-corrected chi connectivity index (χ1v) is 7.11. The van der Waals surface area contributed by atoms with E-state index in [9.17, 15) is 9.18 Å². The number of carbonyl (C=O) groups excluding carboxylic acids is 1. The lowest BCUT2D eigenvalue weighted by Crippen LogP contribution is -2.28. The Morgan fingerprint density at radius 2 is 1.91 bits per heavy atom. The van der Waals surface area contributed by atoms with Crippen molar-refractivity contribution in [2.75, 3.05) is 11.9 Å². The molecule has 2 rings (SSSR count). The summed E-state index contributed by atoms with van der Waals surface area (Å²) in [6.07, 6.45) is 0. The minimum absolute atomic E-state index is 0.293. The second kappa shape index (κ2) is 7.45. The maximum Gasteiger partial charge on any atom is 0.319 e. The van der Waals surface area contributed by atoms with Crippen molar-refractivity contribution < 1.29 is 13.9 Å². The number of urea groups is 1. The lowest BCUT2D eigenvalue weighted by Gasteiger charge is -2.11. The minimum atomic E-state index is -0.309. The van der Waals surface area contributed by atoms with E-state index in [0.717, 1.165) is 22.6 Å². The van der Waals surface area contributed by atoms with E-state index in [2.05, 4.69) is 10.6 Å². The maximum absolute atomic E-state index is 12.8. The Hall–Kier alpha value is -2.56. The Morgan fingerprint density at radius 1 is 1.18 bits per heavy atom. The van der Waals surface area contributed by atoms with E-state index in [1.807, 2.05) is 26.0 Å². The summed E-state index contributed by atoms with van der Waals surface area (Å²) < 4.78 is 18.2. The van der Waals surface area contributed by atoms with Crippen LogP contribution in [-0.2, 0) is 6.54 Å². The summed E-state index contributed by atoms with van der Waals surface area (Å²) in [6, 6.07) is 11.2. The molecule has 0 atom stereocenters. The Balaban J connectivity index is 1.90. The minimum Gasteiger partial charge on any atom is -0.494 e. The molecule has 0 saturated heterocycles. The SMILES string of the molecule is CCOc1ccc(NC(=O)NCc2ccc(F)cc2)c(C)c1. The van der Waals surface area contributed by atoms with Gasteiger partial charge < -0.3 is 15.4 Å². The average molecular weight is 302 g/mol. The number of amides is 2. The summed E-state index contributed by atoms with van der Waals surface area (Å²) in [6.45, 7) is 4.76. The van der Waals surface area contributed by atoms with Gasteiger partial charge in [0.2, 0.25) is 0 Å². The molecule has 2 aromatic rings. The number of hydrogen-bond donors (Lipinski definition) is 2. The van der Waals surface area contributed by atoms with Crippen LogP contribution in [0, 0.1) is 12.7 Å². The zero-order chi connectivity index (χ0) is 15.9. The van der Waals surface area contributed by atoms with Crippen molar-refractivity contribution in [3.05, 3.63) is 59.4 Å². The number of hydrogen-bond acceptors (Lipinski definition) is 2. The van der Waals surface area contributed by atoms with Crippen molar-refractivity contribution in [2.45, 2.75) is 20.4 Å². The zero-order valence-electron chi connectivity index (χ0n) is 12.7. The molecule has 0 aromatic heterocycles. The fourth-order valence-corrected chi connectivity index (χ4v) is 1.98. The van der Waals surface area contributed by atoms with Crippen molar-refractivity contribution in [1.29, 1.82) is 0 Å².